The van der Waals surface area contributed by atoms with Gasteiger partial charge in [0.25, 0.3) is 5.91 Å². The second kappa shape index (κ2) is 8.22. The average Bonchev–Trinajstić information content (AvgIpc) is 2.73. The quantitative estimate of drug-likeness (QED) is 0.614. The third-order valence-corrected chi connectivity index (χ3v) is 4.58. The monoisotopic (exact) mass is 378 g/mol. The molecule has 0 radical (unpaired) electrons. The molecule has 2 heterocycles. The number of aromatic nitrogens is 2. The van der Waals surface area contributed by atoms with Crippen molar-refractivity contribution in [3.63, 3.8) is 0 Å². The smallest absolute Gasteiger partial charge is 0.254 e. The molecule has 144 valence electrons. The summed E-state index contributed by atoms with van der Waals surface area (Å²) in [5, 5.41) is 0. The van der Waals surface area contributed by atoms with Gasteiger partial charge >= 0.3 is 0 Å². The molecule has 0 spiro atoms. The largest absolute Gasteiger partial charge is 0.491 e. The van der Waals surface area contributed by atoms with E-state index in [0.717, 1.165) is 16.8 Å². The first kappa shape index (κ1) is 18.2. The van der Waals surface area contributed by atoms with Crippen molar-refractivity contribution in [1.82, 2.24) is 9.97 Å². The van der Waals surface area contributed by atoms with Crippen LogP contribution in [0.1, 0.15) is 0 Å². The standard InChI is InChI=1S/C21H22N4O3/c1-24-11-12-25(21-20(24)22-17-9-5-6-10-18(17)23-21)19(26)15-27-13-14-28-16-7-3-2-4-8-16/h2-10H,11-15H2,1H3. The lowest BCUT2D eigenvalue weighted by Gasteiger charge is -2.33. The molecule has 0 aliphatic carbocycles. The number of ether oxygens (including phenoxy) is 2. The van der Waals surface area contributed by atoms with E-state index in [0.29, 0.717) is 37.9 Å². The van der Waals surface area contributed by atoms with Crippen molar-refractivity contribution in [2.75, 3.05) is 49.8 Å². The van der Waals surface area contributed by atoms with Crippen LogP contribution in [0, 0.1) is 0 Å². The Kier molecular flexibility index (Phi) is 5.34. The van der Waals surface area contributed by atoms with E-state index in [2.05, 4.69) is 9.97 Å². The lowest BCUT2D eigenvalue weighted by atomic mass is 10.2. The maximum atomic E-state index is 12.7. The molecule has 7 nitrogen and oxygen atoms in total. The molecule has 0 saturated heterocycles. The van der Waals surface area contributed by atoms with Crippen LogP contribution < -0.4 is 14.5 Å². The van der Waals surface area contributed by atoms with Crippen LogP contribution in [0.5, 0.6) is 5.75 Å². The van der Waals surface area contributed by atoms with Crippen LogP contribution in [0.4, 0.5) is 11.6 Å². The molecule has 1 aromatic heterocycles. The Morgan fingerprint density at radius 3 is 2.36 bits per heavy atom. The summed E-state index contributed by atoms with van der Waals surface area (Å²) in [7, 11) is 1.96. The van der Waals surface area contributed by atoms with Crippen molar-refractivity contribution in [2.45, 2.75) is 0 Å². The van der Waals surface area contributed by atoms with Gasteiger partial charge in [0.05, 0.1) is 17.6 Å². The molecule has 0 N–H and O–H groups in total. The van der Waals surface area contributed by atoms with E-state index >= 15 is 0 Å². The van der Waals surface area contributed by atoms with Crippen molar-refractivity contribution >= 4 is 28.6 Å². The van der Waals surface area contributed by atoms with Gasteiger partial charge in [-0.25, -0.2) is 9.97 Å². The molecule has 0 fully saturated rings. The second-order valence-electron chi connectivity index (χ2n) is 6.54. The Hall–Kier alpha value is -3.19. The fraction of sp³-hybridized carbons (Fsp3) is 0.286. The van der Waals surface area contributed by atoms with E-state index in [4.69, 9.17) is 9.47 Å². The molecule has 28 heavy (non-hydrogen) atoms. The Balaban J connectivity index is 1.38. The molecule has 1 aliphatic heterocycles. The van der Waals surface area contributed by atoms with Gasteiger partial charge in [0.2, 0.25) is 0 Å². The molecule has 0 saturated carbocycles. The molecule has 3 aromatic rings. The molecular formula is C21H22N4O3. The van der Waals surface area contributed by atoms with Crippen molar-refractivity contribution in [2.24, 2.45) is 0 Å². The summed E-state index contributed by atoms with van der Waals surface area (Å²) in [6.07, 6.45) is 0. The fourth-order valence-electron chi connectivity index (χ4n) is 3.10. The van der Waals surface area contributed by atoms with E-state index < -0.39 is 0 Å². The van der Waals surface area contributed by atoms with E-state index in [1.807, 2.05) is 66.5 Å². The number of anilines is 2. The van der Waals surface area contributed by atoms with Gasteiger partial charge in [0.1, 0.15) is 19.0 Å². The predicted molar refractivity (Wildman–Crippen MR) is 108 cm³/mol. The van der Waals surface area contributed by atoms with E-state index in [9.17, 15) is 4.79 Å². The predicted octanol–water partition coefficient (Wildman–Crippen LogP) is 2.51. The molecule has 0 unspecified atom stereocenters. The van der Waals surface area contributed by atoms with Crippen molar-refractivity contribution in [3.05, 3.63) is 54.6 Å². The summed E-state index contributed by atoms with van der Waals surface area (Å²) in [5.41, 5.74) is 1.59. The third kappa shape index (κ3) is 3.89. The zero-order chi connectivity index (χ0) is 19.3. The normalized spacial score (nSPS) is 13.5. The van der Waals surface area contributed by atoms with Crippen LogP contribution >= 0.6 is 0 Å². The van der Waals surface area contributed by atoms with Crippen LogP contribution in [0.2, 0.25) is 0 Å². The Bertz CT molecular complexity index is 964. The van der Waals surface area contributed by atoms with Crippen LogP contribution in [0.3, 0.4) is 0 Å². The highest BCUT2D eigenvalue weighted by atomic mass is 16.5. The maximum absolute atomic E-state index is 12.7. The molecule has 1 aliphatic rings. The van der Waals surface area contributed by atoms with Crippen LogP contribution in [0.25, 0.3) is 11.0 Å². The first-order valence-corrected chi connectivity index (χ1v) is 9.26. The Morgan fingerprint density at radius 1 is 0.929 bits per heavy atom. The minimum Gasteiger partial charge on any atom is -0.491 e. The molecule has 1 amide bonds. The number of carbonyl (C=O) groups excluding carboxylic acids is 1. The first-order chi connectivity index (χ1) is 13.7. The van der Waals surface area contributed by atoms with Crippen LogP contribution in [-0.2, 0) is 9.53 Å². The average molecular weight is 378 g/mol. The molecule has 7 heteroatoms. The lowest BCUT2D eigenvalue weighted by molar-refractivity contribution is -0.123. The van der Waals surface area contributed by atoms with Crippen molar-refractivity contribution < 1.29 is 14.3 Å². The molecular weight excluding hydrogens is 356 g/mol. The highest BCUT2D eigenvalue weighted by Crippen LogP contribution is 2.30. The molecule has 0 atom stereocenters. The number of hydrogen-bond donors (Lipinski definition) is 0. The van der Waals surface area contributed by atoms with Gasteiger partial charge in [0, 0.05) is 20.1 Å². The number of likely N-dealkylation sites (N-methyl/N-ethyl adjacent to an activating group) is 1. The van der Waals surface area contributed by atoms with Gasteiger partial charge in [-0.1, -0.05) is 30.3 Å². The minimum atomic E-state index is -0.126. The van der Waals surface area contributed by atoms with Gasteiger partial charge in [-0.2, -0.15) is 0 Å². The summed E-state index contributed by atoms with van der Waals surface area (Å²) in [6.45, 7) is 1.96. The number of amides is 1. The molecule has 4 rings (SSSR count). The Morgan fingerprint density at radius 2 is 1.61 bits per heavy atom. The fourth-order valence-corrected chi connectivity index (χ4v) is 3.10. The van der Waals surface area contributed by atoms with Crippen molar-refractivity contribution in [3.8, 4) is 5.75 Å². The number of hydrogen-bond acceptors (Lipinski definition) is 6. The maximum Gasteiger partial charge on any atom is 0.254 e. The van der Waals surface area contributed by atoms with E-state index in [1.165, 1.54) is 0 Å². The first-order valence-electron chi connectivity index (χ1n) is 9.26. The zero-order valence-electron chi connectivity index (χ0n) is 15.7. The van der Waals surface area contributed by atoms with Crippen LogP contribution in [-0.4, -0.2) is 55.8 Å². The van der Waals surface area contributed by atoms with Gasteiger partial charge in [-0.15, -0.1) is 0 Å². The Labute approximate surface area is 163 Å². The number of para-hydroxylation sites is 3. The van der Waals surface area contributed by atoms with Gasteiger partial charge < -0.3 is 14.4 Å². The number of fused-ring (bicyclic) bond motifs is 2. The van der Waals surface area contributed by atoms with Gasteiger partial charge in [-0.3, -0.25) is 9.69 Å². The van der Waals surface area contributed by atoms with Gasteiger partial charge in [-0.05, 0) is 24.3 Å². The number of carbonyl (C=O) groups is 1. The molecule has 0 bridgehead atoms. The summed E-state index contributed by atoms with van der Waals surface area (Å²) >= 11 is 0. The minimum absolute atomic E-state index is 0.0180. The molecule has 2 aromatic carbocycles. The zero-order valence-corrected chi connectivity index (χ0v) is 15.7. The van der Waals surface area contributed by atoms with Gasteiger partial charge in [0.15, 0.2) is 11.6 Å². The summed E-state index contributed by atoms with van der Waals surface area (Å²) in [4.78, 5) is 25.7. The number of rotatable bonds is 6. The topological polar surface area (TPSA) is 67.8 Å². The van der Waals surface area contributed by atoms with Crippen molar-refractivity contribution in [1.29, 1.82) is 0 Å². The lowest BCUT2D eigenvalue weighted by Crippen LogP contribution is -2.45. The van der Waals surface area contributed by atoms with Crippen LogP contribution in [0.15, 0.2) is 54.6 Å². The summed E-state index contributed by atoms with van der Waals surface area (Å²) in [5.74, 6) is 1.96. The second-order valence-corrected chi connectivity index (χ2v) is 6.54. The SMILES string of the molecule is CN1CCN(C(=O)COCCOc2ccccc2)c2nc3ccccc3nc21. The highest BCUT2D eigenvalue weighted by molar-refractivity contribution is 5.98. The van der Waals surface area contributed by atoms with E-state index in [1.54, 1.807) is 4.90 Å². The highest BCUT2D eigenvalue weighted by Gasteiger charge is 2.28. The summed E-state index contributed by atoms with van der Waals surface area (Å²) < 4.78 is 11.1. The van der Waals surface area contributed by atoms with E-state index in [-0.39, 0.29) is 12.5 Å². The third-order valence-electron chi connectivity index (χ3n) is 4.58. The number of nitrogens with zero attached hydrogens (tertiary/aromatic N) is 4. The number of benzene rings is 2. The summed E-state index contributed by atoms with van der Waals surface area (Å²) in [6, 6.07) is 17.2.